The van der Waals surface area contributed by atoms with Gasteiger partial charge in [0.1, 0.15) is 0 Å². The number of aromatic nitrogens is 3. The summed E-state index contributed by atoms with van der Waals surface area (Å²) >= 11 is 0. The van der Waals surface area contributed by atoms with E-state index in [4.69, 9.17) is 4.74 Å². The highest BCUT2D eigenvalue weighted by atomic mass is 16.5. The van der Waals surface area contributed by atoms with Crippen LogP contribution in [0.5, 0.6) is 0 Å². The zero-order valence-electron chi connectivity index (χ0n) is 16.7. The first kappa shape index (κ1) is 19.3. The Balaban J connectivity index is 1.46. The molecule has 0 spiro atoms. The van der Waals surface area contributed by atoms with Gasteiger partial charge >= 0.3 is 0 Å². The van der Waals surface area contributed by atoms with Crippen molar-refractivity contribution in [3.05, 3.63) is 76.3 Å². The van der Waals surface area contributed by atoms with Crippen molar-refractivity contribution >= 4 is 5.95 Å². The predicted octanol–water partition coefficient (Wildman–Crippen LogP) is 3.45. The Hall–Kier alpha value is -2.99. The van der Waals surface area contributed by atoms with E-state index >= 15 is 0 Å². The highest BCUT2D eigenvalue weighted by Crippen LogP contribution is 2.18. The van der Waals surface area contributed by atoms with Crippen molar-refractivity contribution in [3.63, 3.8) is 0 Å². The van der Waals surface area contributed by atoms with Crippen molar-refractivity contribution in [2.75, 3.05) is 18.5 Å². The number of nitrogens with zero attached hydrogens (tertiary/aromatic N) is 3. The van der Waals surface area contributed by atoms with Gasteiger partial charge in [-0.25, -0.2) is 9.97 Å². The first-order valence-corrected chi connectivity index (χ1v) is 10.1. The minimum Gasteiger partial charge on any atom is -0.381 e. The topological polar surface area (TPSA) is 69.0 Å². The van der Waals surface area contributed by atoms with Gasteiger partial charge in [0.05, 0.1) is 5.69 Å². The molecular weight excluding hydrogens is 364 g/mol. The summed E-state index contributed by atoms with van der Waals surface area (Å²) < 4.78 is 7.14. The van der Waals surface area contributed by atoms with E-state index in [-0.39, 0.29) is 5.56 Å². The number of pyridine rings is 1. The zero-order valence-corrected chi connectivity index (χ0v) is 16.7. The molecule has 0 amide bonds. The van der Waals surface area contributed by atoms with Crippen LogP contribution in [0.3, 0.4) is 0 Å². The van der Waals surface area contributed by atoms with Crippen molar-refractivity contribution in [3.8, 4) is 11.3 Å². The minimum absolute atomic E-state index is 0.0206. The number of ether oxygens (including phenoxy) is 1. The molecule has 3 heterocycles. The number of anilines is 1. The number of benzene rings is 1. The van der Waals surface area contributed by atoms with E-state index < -0.39 is 0 Å². The predicted molar refractivity (Wildman–Crippen MR) is 114 cm³/mol. The van der Waals surface area contributed by atoms with Crippen LogP contribution >= 0.6 is 0 Å². The summed E-state index contributed by atoms with van der Waals surface area (Å²) in [5.41, 5.74) is 4.00. The summed E-state index contributed by atoms with van der Waals surface area (Å²) in [4.78, 5) is 21.5. The molecule has 4 rings (SSSR count). The average molecular weight is 390 g/mol. The minimum atomic E-state index is -0.0206. The largest absolute Gasteiger partial charge is 0.381 e. The molecular formula is C23H26N4O2. The van der Waals surface area contributed by atoms with Crippen molar-refractivity contribution in [1.82, 2.24) is 14.5 Å². The molecule has 1 saturated heterocycles. The van der Waals surface area contributed by atoms with Crippen LogP contribution in [-0.4, -0.2) is 33.8 Å². The maximum Gasteiger partial charge on any atom is 0.251 e. The third-order valence-corrected chi connectivity index (χ3v) is 5.23. The molecule has 3 aromatic rings. The third kappa shape index (κ3) is 5.09. The fraction of sp³-hybridized carbons (Fsp3) is 0.348. The Kier molecular flexibility index (Phi) is 6.00. The number of hydrogen-bond acceptors (Lipinski definition) is 5. The van der Waals surface area contributed by atoms with Gasteiger partial charge in [-0.05, 0) is 43.9 Å². The lowest BCUT2D eigenvalue weighted by atomic mass is 10.1. The molecule has 0 saturated carbocycles. The van der Waals surface area contributed by atoms with E-state index in [9.17, 15) is 4.79 Å². The molecule has 29 heavy (non-hydrogen) atoms. The number of rotatable bonds is 6. The van der Waals surface area contributed by atoms with E-state index in [0.717, 1.165) is 43.7 Å². The second-order valence-corrected chi connectivity index (χ2v) is 7.48. The van der Waals surface area contributed by atoms with Crippen LogP contribution in [0.1, 0.15) is 24.0 Å². The quantitative estimate of drug-likeness (QED) is 0.698. The van der Waals surface area contributed by atoms with Crippen molar-refractivity contribution < 1.29 is 4.74 Å². The highest BCUT2D eigenvalue weighted by Gasteiger charge is 2.15. The maximum atomic E-state index is 12.6. The molecule has 0 bridgehead atoms. The lowest BCUT2D eigenvalue weighted by Gasteiger charge is -2.23. The Morgan fingerprint density at radius 2 is 2.03 bits per heavy atom. The second kappa shape index (κ2) is 9.01. The van der Waals surface area contributed by atoms with Gasteiger partial charge in [-0.2, -0.15) is 0 Å². The molecule has 1 aliphatic heterocycles. The van der Waals surface area contributed by atoms with Crippen LogP contribution in [-0.2, 0) is 17.7 Å². The van der Waals surface area contributed by atoms with Crippen LogP contribution in [0.25, 0.3) is 11.3 Å². The van der Waals surface area contributed by atoms with E-state index in [1.807, 2.05) is 18.3 Å². The van der Waals surface area contributed by atoms with Crippen LogP contribution in [0.4, 0.5) is 5.95 Å². The lowest BCUT2D eigenvalue weighted by Crippen LogP contribution is -2.28. The second-order valence-electron chi connectivity index (χ2n) is 7.48. The fourth-order valence-electron chi connectivity index (χ4n) is 3.58. The SMILES string of the molecule is Cc1cccc(CCn2ccc(-c3ccnc(NC4CCOCC4)n3)cc2=O)c1. The van der Waals surface area contributed by atoms with Gasteiger partial charge in [-0.3, -0.25) is 4.79 Å². The van der Waals surface area contributed by atoms with E-state index in [1.54, 1.807) is 16.8 Å². The van der Waals surface area contributed by atoms with Gasteiger partial charge in [-0.15, -0.1) is 0 Å². The van der Waals surface area contributed by atoms with Gasteiger partial charge in [0.25, 0.3) is 5.56 Å². The van der Waals surface area contributed by atoms with Crippen LogP contribution < -0.4 is 10.9 Å². The van der Waals surface area contributed by atoms with Crippen LogP contribution in [0.15, 0.2) is 59.7 Å². The summed E-state index contributed by atoms with van der Waals surface area (Å²) in [5, 5.41) is 3.37. The van der Waals surface area contributed by atoms with Crippen molar-refractivity contribution in [2.24, 2.45) is 0 Å². The molecule has 1 fully saturated rings. The summed E-state index contributed by atoms with van der Waals surface area (Å²) in [6.45, 7) is 4.26. The van der Waals surface area contributed by atoms with E-state index in [0.29, 0.717) is 18.5 Å². The van der Waals surface area contributed by atoms with Gasteiger partial charge in [0.2, 0.25) is 5.95 Å². The molecule has 1 aromatic carbocycles. The summed E-state index contributed by atoms with van der Waals surface area (Å²) in [6, 6.07) is 14.1. The van der Waals surface area contributed by atoms with Crippen molar-refractivity contribution in [1.29, 1.82) is 0 Å². The Morgan fingerprint density at radius 1 is 1.17 bits per heavy atom. The molecule has 1 aliphatic rings. The first-order chi connectivity index (χ1) is 14.2. The normalized spacial score (nSPS) is 14.7. The lowest BCUT2D eigenvalue weighted by molar-refractivity contribution is 0.0903. The van der Waals surface area contributed by atoms with Crippen LogP contribution in [0, 0.1) is 6.92 Å². The molecule has 0 unspecified atom stereocenters. The van der Waals surface area contributed by atoms with Crippen molar-refractivity contribution in [2.45, 2.75) is 38.8 Å². The monoisotopic (exact) mass is 390 g/mol. The van der Waals surface area contributed by atoms with Crippen LogP contribution in [0.2, 0.25) is 0 Å². The molecule has 2 aromatic heterocycles. The third-order valence-electron chi connectivity index (χ3n) is 5.23. The maximum absolute atomic E-state index is 12.6. The van der Waals surface area contributed by atoms with Gasteiger partial charge in [0, 0.05) is 49.8 Å². The average Bonchev–Trinajstić information content (AvgIpc) is 2.74. The number of hydrogen-bond donors (Lipinski definition) is 1. The molecule has 6 nitrogen and oxygen atoms in total. The van der Waals surface area contributed by atoms with Gasteiger partial charge in [0.15, 0.2) is 0 Å². The number of aryl methyl sites for hydroxylation is 3. The molecule has 0 aliphatic carbocycles. The smallest absolute Gasteiger partial charge is 0.251 e. The van der Waals surface area contributed by atoms with E-state index in [2.05, 4.69) is 46.5 Å². The van der Waals surface area contributed by atoms with E-state index in [1.165, 1.54) is 11.1 Å². The zero-order chi connectivity index (χ0) is 20.1. The van der Waals surface area contributed by atoms with Gasteiger partial charge < -0.3 is 14.6 Å². The standard InChI is InChI=1S/C23H26N4O2/c1-17-3-2-4-18(15-17)6-11-27-12-7-19(16-22(27)28)21-5-10-24-23(26-21)25-20-8-13-29-14-9-20/h2-5,7,10,12,15-16,20H,6,8-9,11,13-14H2,1H3,(H,24,25,26). The Labute approximate surface area is 170 Å². The Morgan fingerprint density at radius 3 is 2.83 bits per heavy atom. The Bertz CT molecular complexity index is 1030. The van der Waals surface area contributed by atoms with Gasteiger partial charge in [-0.1, -0.05) is 29.8 Å². The molecule has 1 N–H and O–H groups in total. The molecule has 0 atom stereocenters. The molecule has 6 heteroatoms. The highest BCUT2D eigenvalue weighted by molar-refractivity contribution is 5.59. The molecule has 150 valence electrons. The number of nitrogens with one attached hydrogen (secondary N) is 1. The summed E-state index contributed by atoms with van der Waals surface area (Å²) in [6.07, 6.45) is 6.30. The molecule has 0 radical (unpaired) electrons. The summed E-state index contributed by atoms with van der Waals surface area (Å²) in [7, 11) is 0. The first-order valence-electron chi connectivity index (χ1n) is 10.1. The summed E-state index contributed by atoms with van der Waals surface area (Å²) in [5.74, 6) is 0.595. The fourth-order valence-corrected chi connectivity index (χ4v) is 3.58.